The van der Waals surface area contributed by atoms with E-state index in [1.165, 1.54) is 18.2 Å². The standard InChI is InChI=1S/C19H24F2N4.HI/c1-22-19(23-10-9-14-5-4-6-16(20)11-14)24-13-15-7-8-18(25(2)3)17(21)12-15;/h4-8,11-12H,9-10,13H2,1-3H3,(H2,22,23,24);1H. The van der Waals surface area contributed by atoms with E-state index in [0.717, 1.165) is 11.1 Å². The highest BCUT2D eigenvalue weighted by molar-refractivity contribution is 14.0. The van der Waals surface area contributed by atoms with Crippen LogP contribution < -0.4 is 15.5 Å². The van der Waals surface area contributed by atoms with E-state index in [9.17, 15) is 8.78 Å². The van der Waals surface area contributed by atoms with Crippen molar-refractivity contribution in [2.45, 2.75) is 13.0 Å². The van der Waals surface area contributed by atoms with E-state index >= 15 is 0 Å². The Bertz CT molecular complexity index is 735. The third-order valence-electron chi connectivity index (χ3n) is 3.77. The van der Waals surface area contributed by atoms with Gasteiger partial charge in [-0.15, -0.1) is 24.0 Å². The highest BCUT2D eigenvalue weighted by atomic mass is 127. The van der Waals surface area contributed by atoms with E-state index in [0.29, 0.717) is 31.2 Å². The predicted octanol–water partition coefficient (Wildman–Crippen LogP) is 3.56. The quantitative estimate of drug-likeness (QED) is 0.382. The van der Waals surface area contributed by atoms with Gasteiger partial charge < -0.3 is 15.5 Å². The van der Waals surface area contributed by atoms with Crippen LogP contribution in [-0.2, 0) is 13.0 Å². The Hall–Kier alpha value is -1.90. The second-order valence-electron chi connectivity index (χ2n) is 5.91. The first-order chi connectivity index (χ1) is 12.0. The summed E-state index contributed by atoms with van der Waals surface area (Å²) in [6.07, 6.45) is 0.685. The van der Waals surface area contributed by atoms with Gasteiger partial charge in [-0.2, -0.15) is 0 Å². The van der Waals surface area contributed by atoms with Crippen molar-refractivity contribution in [1.82, 2.24) is 10.6 Å². The van der Waals surface area contributed by atoms with Crippen LogP contribution in [0, 0.1) is 11.6 Å². The molecule has 0 amide bonds. The van der Waals surface area contributed by atoms with Crippen molar-refractivity contribution in [3.8, 4) is 0 Å². The van der Waals surface area contributed by atoms with Crippen molar-refractivity contribution in [1.29, 1.82) is 0 Å². The molecule has 0 heterocycles. The van der Waals surface area contributed by atoms with Gasteiger partial charge >= 0.3 is 0 Å². The molecule has 0 bridgehead atoms. The van der Waals surface area contributed by atoms with Gasteiger partial charge in [-0.1, -0.05) is 18.2 Å². The molecule has 0 saturated carbocycles. The minimum atomic E-state index is -0.252. The molecule has 7 heteroatoms. The molecule has 26 heavy (non-hydrogen) atoms. The van der Waals surface area contributed by atoms with Gasteiger partial charge in [0.05, 0.1) is 5.69 Å². The zero-order valence-corrected chi connectivity index (χ0v) is 17.6. The molecular formula is C19H25F2IN4. The molecule has 0 aliphatic heterocycles. The Labute approximate surface area is 170 Å². The van der Waals surface area contributed by atoms with Crippen LogP contribution in [0.2, 0.25) is 0 Å². The van der Waals surface area contributed by atoms with Crippen molar-refractivity contribution >= 4 is 35.6 Å². The Morgan fingerprint density at radius 1 is 1.04 bits per heavy atom. The largest absolute Gasteiger partial charge is 0.375 e. The molecule has 142 valence electrons. The summed E-state index contributed by atoms with van der Waals surface area (Å²) in [5, 5.41) is 6.31. The van der Waals surface area contributed by atoms with Gasteiger partial charge in [0.15, 0.2) is 5.96 Å². The molecule has 0 fully saturated rings. The molecule has 2 aromatic carbocycles. The average molecular weight is 474 g/mol. The lowest BCUT2D eigenvalue weighted by atomic mass is 10.1. The number of benzene rings is 2. The van der Waals surface area contributed by atoms with Gasteiger partial charge in [-0.3, -0.25) is 4.99 Å². The van der Waals surface area contributed by atoms with Crippen molar-refractivity contribution in [3.63, 3.8) is 0 Å². The summed E-state index contributed by atoms with van der Waals surface area (Å²) in [5.41, 5.74) is 2.31. The third kappa shape index (κ3) is 6.78. The summed E-state index contributed by atoms with van der Waals surface area (Å²) in [7, 11) is 5.29. The van der Waals surface area contributed by atoms with Crippen molar-refractivity contribution in [3.05, 3.63) is 65.2 Å². The molecule has 2 N–H and O–H groups in total. The fourth-order valence-corrected chi connectivity index (χ4v) is 2.45. The summed E-state index contributed by atoms with van der Waals surface area (Å²) in [4.78, 5) is 5.87. The Balaban J connectivity index is 0.00000338. The molecule has 0 aliphatic carbocycles. The Morgan fingerprint density at radius 3 is 2.42 bits per heavy atom. The predicted molar refractivity (Wildman–Crippen MR) is 114 cm³/mol. The SMILES string of the molecule is CN=C(NCCc1cccc(F)c1)NCc1ccc(N(C)C)c(F)c1.I. The summed E-state index contributed by atoms with van der Waals surface area (Å²) in [6, 6.07) is 11.7. The van der Waals surface area contributed by atoms with Gasteiger partial charge in [0, 0.05) is 34.2 Å². The topological polar surface area (TPSA) is 39.7 Å². The van der Waals surface area contributed by atoms with Crippen LogP contribution in [0.4, 0.5) is 14.5 Å². The second-order valence-corrected chi connectivity index (χ2v) is 5.91. The first kappa shape index (κ1) is 22.1. The van der Waals surface area contributed by atoms with Crippen LogP contribution in [0.1, 0.15) is 11.1 Å². The van der Waals surface area contributed by atoms with Crippen LogP contribution in [0.5, 0.6) is 0 Å². The molecule has 0 radical (unpaired) electrons. The maximum absolute atomic E-state index is 14.0. The number of nitrogens with zero attached hydrogens (tertiary/aromatic N) is 2. The van der Waals surface area contributed by atoms with Gasteiger partial charge in [0.25, 0.3) is 0 Å². The number of rotatable bonds is 6. The molecular weight excluding hydrogens is 449 g/mol. The van der Waals surface area contributed by atoms with E-state index < -0.39 is 0 Å². The van der Waals surface area contributed by atoms with Crippen molar-refractivity contribution in [2.24, 2.45) is 4.99 Å². The number of halogens is 3. The van der Waals surface area contributed by atoms with Crippen LogP contribution in [-0.4, -0.2) is 33.6 Å². The maximum atomic E-state index is 14.0. The number of aliphatic imine (C=N–C) groups is 1. The third-order valence-corrected chi connectivity index (χ3v) is 3.77. The summed E-state index contributed by atoms with van der Waals surface area (Å²) >= 11 is 0. The molecule has 0 saturated heterocycles. The van der Waals surface area contributed by atoms with Crippen molar-refractivity contribution < 1.29 is 8.78 Å². The molecule has 0 aliphatic rings. The normalized spacial score (nSPS) is 10.9. The zero-order chi connectivity index (χ0) is 18.2. The average Bonchev–Trinajstić information content (AvgIpc) is 2.57. The van der Waals surface area contributed by atoms with Crippen molar-refractivity contribution in [2.75, 3.05) is 32.6 Å². The lowest BCUT2D eigenvalue weighted by molar-refractivity contribution is 0.622. The van der Waals surface area contributed by atoms with Crippen LogP contribution in [0.25, 0.3) is 0 Å². The number of anilines is 1. The zero-order valence-electron chi connectivity index (χ0n) is 15.2. The van der Waals surface area contributed by atoms with E-state index in [1.807, 2.05) is 12.1 Å². The monoisotopic (exact) mass is 474 g/mol. The van der Waals surface area contributed by atoms with E-state index in [1.54, 1.807) is 38.2 Å². The van der Waals surface area contributed by atoms with Gasteiger partial charge in [0.1, 0.15) is 11.6 Å². The Kier molecular flexibility index (Phi) is 9.32. The van der Waals surface area contributed by atoms with Gasteiger partial charge in [0.2, 0.25) is 0 Å². The highest BCUT2D eigenvalue weighted by Crippen LogP contribution is 2.18. The minimum Gasteiger partial charge on any atom is -0.375 e. The fourth-order valence-electron chi connectivity index (χ4n) is 2.45. The first-order valence-corrected chi connectivity index (χ1v) is 8.14. The van der Waals surface area contributed by atoms with E-state index in [2.05, 4.69) is 15.6 Å². The van der Waals surface area contributed by atoms with Crippen LogP contribution >= 0.6 is 24.0 Å². The fraction of sp³-hybridized carbons (Fsp3) is 0.316. The van der Waals surface area contributed by atoms with Crippen LogP contribution in [0.15, 0.2) is 47.5 Å². The van der Waals surface area contributed by atoms with Gasteiger partial charge in [-0.25, -0.2) is 8.78 Å². The number of hydrogen-bond acceptors (Lipinski definition) is 2. The summed E-state index contributed by atoms with van der Waals surface area (Å²) < 4.78 is 27.1. The molecule has 0 aromatic heterocycles. The smallest absolute Gasteiger partial charge is 0.191 e. The number of guanidine groups is 1. The summed E-state index contributed by atoms with van der Waals surface area (Å²) in [6.45, 7) is 1.08. The lowest BCUT2D eigenvalue weighted by Gasteiger charge is -2.15. The number of hydrogen-bond donors (Lipinski definition) is 2. The Morgan fingerprint density at radius 2 is 1.81 bits per heavy atom. The molecule has 4 nitrogen and oxygen atoms in total. The highest BCUT2D eigenvalue weighted by Gasteiger charge is 2.06. The maximum Gasteiger partial charge on any atom is 0.191 e. The minimum absolute atomic E-state index is 0. The molecule has 0 atom stereocenters. The number of nitrogens with one attached hydrogen (secondary N) is 2. The molecule has 0 spiro atoms. The molecule has 2 rings (SSSR count). The molecule has 2 aromatic rings. The van der Waals surface area contributed by atoms with Gasteiger partial charge in [-0.05, 0) is 41.8 Å². The van der Waals surface area contributed by atoms with Crippen LogP contribution in [0.3, 0.4) is 0 Å². The summed E-state index contributed by atoms with van der Waals surface area (Å²) in [5.74, 6) is 0.134. The second kappa shape index (κ2) is 10.9. The van der Waals surface area contributed by atoms with E-state index in [4.69, 9.17) is 0 Å². The van der Waals surface area contributed by atoms with E-state index in [-0.39, 0.29) is 35.6 Å². The molecule has 0 unspecified atom stereocenters. The lowest BCUT2D eigenvalue weighted by Crippen LogP contribution is -2.37. The first-order valence-electron chi connectivity index (χ1n) is 8.14.